The number of ether oxygens (including phenoxy) is 1. The van der Waals surface area contributed by atoms with Gasteiger partial charge in [-0.25, -0.2) is 0 Å². The first-order valence-electron chi connectivity index (χ1n) is 8.97. The molecule has 0 spiro atoms. The molecular formula is C18H37NO. The van der Waals surface area contributed by atoms with Crippen molar-refractivity contribution in [1.29, 1.82) is 0 Å². The fraction of sp³-hybridized carbons (Fsp3) is 1.00. The van der Waals surface area contributed by atoms with Gasteiger partial charge >= 0.3 is 0 Å². The van der Waals surface area contributed by atoms with Crippen LogP contribution in [-0.2, 0) is 4.74 Å². The Balaban J connectivity index is 2.41. The molecule has 1 saturated heterocycles. The van der Waals surface area contributed by atoms with Crippen LogP contribution in [0, 0.1) is 5.41 Å². The third-order valence-electron chi connectivity index (χ3n) is 4.95. The van der Waals surface area contributed by atoms with E-state index in [1.54, 1.807) is 0 Å². The molecule has 0 aliphatic carbocycles. The van der Waals surface area contributed by atoms with Gasteiger partial charge in [0.15, 0.2) is 0 Å². The zero-order valence-electron chi connectivity index (χ0n) is 14.3. The van der Waals surface area contributed by atoms with Gasteiger partial charge in [-0.2, -0.15) is 0 Å². The van der Waals surface area contributed by atoms with Gasteiger partial charge < -0.3 is 10.1 Å². The van der Waals surface area contributed by atoms with Gasteiger partial charge in [-0.1, -0.05) is 47.0 Å². The standard InChI is InChI=1S/C18H37NO/c1-5-7-12-18(6-2,15-19-16(3)4)13-8-10-17-11-9-14-20-17/h16-17,19H,5-15H2,1-4H3. The molecule has 1 N–H and O–H groups in total. The van der Waals surface area contributed by atoms with E-state index in [0.717, 1.165) is 6.61 Å². The van der Waals surface area contributed by atoms with Crippen LogP contribution >= 0.6 is 0 Å². The van der Waals surface area contributed by atoms with Crippen LogP contribution in [0.25, 0.3) is 0 Å². The van der Waals surface area contributed by atoms with Gasteiger partial charge in [0.25, 0.3) is 0 Å². The molecule has 0 radical (unpaired) electrons. The molecule has 20 heavy (non-hydrogen) atoms. The Morgan fingerprint density at radius 3 is 2.50 bits per heavy atom. The van der Waals surface area contributed by atoms with E-state index in [1.807, 2.05) is 0 Å². The average molecular weight is 284 g/mol. The second-order valence-electron chi connectivity index (χ2n) is 7.02. The lowest BCUT2D eigenvalue weighted by Crippen LogP contribution is -2.37. The fourth-order valence-corrected chi connectivity index (χ4v) is 3.33. The van der Waals surface area contributed by atoms with Crippen molar-refractivity contribution in [3.8, 4) is 0 Å². The summed E-state index contributed by atoms with van der Waals surface area (Å²) in [5.41, 5.74) is 0.513. The van der Waals surface area contributed by atoms with Gasteiger partial charge in [-0.05, 0) is 43.9 Å². The van der Waals surface area contributed by atoms with Crippen molar-refractivity contribution in [2.24, 2.45) is 5.41 Å². The van der Waals surface area contributed by atoms with Gasteiger partial charge in [0.05, 0.1) is 6.10 Å². The van der Waals surface area contributed by atoms with Crippen molar-refractivity contribution < 1.29 is 4.74 Å². The van der Waals surface area contributed by atoms with E-state index in [1.165, 1.54) is 64.3 Å². The zero-order chi connectivity index (χ0) is 14.8. The molecule has 2 unspecified atom stereocenters. The minimum Gasteiger partial charge on any atom is -0.378 e. The largest absolute Gasteiger partial charge is 0.378 e. The third kappa shape index (κ3) is 6.58. The Hall–Kier alpha value is -0.0800. The van der Waals surface area contributed by atoms with Crippen LogP contribution < -0.4 is 5.32 Å². The summed E-state index contributed by atoms with van der Waals surface area (Å²) in [5, 5.41) is 3.69. The van der Waals surface area contributed by atoms with E-state index in [2.05, 4.69) is 33.0 Å². The number of hydrogen-bond donors (Lipinski definition) is 1. The Morgan fingerprint density at radius 1 is 1.20 bits per heavy atom. The molecule has 0 aromatic rings. The Bertz CT molecular complexity index is 236. The summed E-state index contributed by atoms with van der Waals surface area (Å²) in [6.45, 7) is 11.4. The van der Waals surface area contributed by atoms with Crippen molar-refractivity contribution in [2.75, 3.05) is 13.2 Å². The molecule has 0 saturated carbocycles. The van der Waals surface area contributed by atoms with Crippen molar-refractivity contribution in [3.05, 3.63) is 0 Å². The summed E-state index contributed by atoms with van der Waals surface area (Å²) in [6.07, 6.45) is 12.5. The maximum atomic E-state index is 5.77. The molecule has 0 aromatic carbocycles. The highest BCUT2D eigenvalue weighted by Gasteiger charge is 2.27. The van der Waals surface area contributed by atoms with E-state index in [-0.39, 0.29) is 0 Å². The predicted octanol–water partition coefficient (Wildman–Crippen LogP) is 4.92. The first kappa shape index (κ1) is 18.0. The van der Waals surface area contributed by atoms with Gasteiger partial charge in [0, 0.05) is 19.2 Å². The highest BCUT2D eigenvalue weighted by Crippen LogP contribution is 2.35. The van der Waals surface area contributed by atoms with Gasteiger partial charge in [0.1, 0.15) is 0 Å². The normalized spacial score (nSPS) is 22.4. The monoisotopic (exact) mass is 283 g/mol. The SMILES string of the molecule is CCCCC(CC)(CCCC1CCCO1)CNC(C)C. The van der Waals surface area contributed by atoms with Crippen molar-refractivity contribution in [2.45, 2.75) is 97.6 Å². The highest BCUT2D eigenvalue weighted by atomic mass is 16.5. The molecule has 0 bridgehead atoms. The molecule has 120 valence electrons. The number of unbranched alkanes of at least 4 members (excludes halogenated alkanes) is 1. The van der Waals surface area contributed by atoms with Crippen LogP contribution in [0.4, 0.5) is 0 Å². The first-order valence-corrected chi connectivity index (χ1v) is 8.97. The first-order chi connectivity index (χ1) is 9.62. The van der Waals surface area contributed by atoms with Crippen LogP contribution in [0.3, 0.4) is 0 Å². The highest BCUT2D eigenvalue weighted by molar-refractivity contribution is 4.82. The maximum absolute atomic E-state index is 5.77. The van der Waals surface area contributed by atoms with E-state index in [4.69, 9.17) is 4.74 Å². The zero-order valence-corrected chi connectivity index (χ0v) is 14.3. The summed E-state index contributed by atoms with van der Waals surface area (Å²) in [6, 6.07) is 0.598. The summed E-state index contributed by atoms with van der Waals surface area (Å²) in [5.74, 6) is 0. The fourth-order valence-electron chi connectivity index (χ4n) is 3.33. The molecule has 1 heterocycles. The Morgan fingerprint density at radius 2 is 1.95 bits per heavy atom. The van der Waals surface area contributed by atoms with Gasteiger partial charge in [0.2, 0.25) is 0 Å². The molecule has 0 aromatic heterocycles. The molecule has 2 heteroatoms. The lowest BCUT2D eigenvalue weighted by molar-refractivity contribution is 0.0952. The summed E-state index contributed by atoms with van der Waals surface area (Å²) < 4.78 is 5.77. The minimum absolute atomic E-state index is 0.513. The lowest BCUT2D eigenvalue weighted by Gasteiger charge is -2.34. The second-order valence-corrected chi connectivity index (χ2v) is 7.02. The molecule has 1 fully saturated rings. The van der Waals surface area contributed by atoms with Crippen molar-refractivity contribution in [3.63, 3.8) is 0 Å². The molecular weight excluding hydrogens is 246 g/mol. The van der Waals surface area contributed by atoms with E-state index >= 15 is 0 Å². The van der Waals surface area contributed by atoms with E-state index in [0.29, 0.717) is 17.6 Å². The van der Waals surface area contributed by atoms with Gasteiger partial charge in [-0.3, -0.25) is 0 Å². The Kier molecular flexibility index (Phi) is 8.79. The van der Waals surface area contributed by atoms with Crippen LogP contribution in [-0.4, -0.2) is 25.3 Å². The van der Waals surface area contributed by atoms with Crippen LogP contribution in [0.1, 0.15) is 85.5 Å². The predicted molar refractivity (Wildman–Crippen MR) is 88.2 cm³/mol. The molecule has 1 rings (SSSR count). The third-order valence-corrected chi connectivity index (χ3v) is 4.95. The molecule has 1 aliphatic heterocycles. The van der Waals surface area contributed by atoms with Crippen LogP contribution in [0.15, 0.2) is 0 Å². The van der Waals surface area contributed by atoms with E-state index < -0.39 is 0 Å². The lowest BCUT2D eigenvalue weighted by atomic mass is 9.75. The topological polar surface area (TPSA) is 21.3 Å². The smallest absolute Gasteiger partial charge is 0.0576 e. The molecule has 2 nitrogen and oxygen atoms in total. The quantitative estimate of drug-likeness (QED) is 0.581. The molecule has 2 atom stereocenters. The van der Waals surface area contributed by atoms with E-state index in [9.17, 15) is 0 Å². The van der Waals surface area contributed by atoms with Crippen LogP contribution in [0.5, 0.6) is 0 Å². The average Bonchev–Trinajstić information content (AvgIpc) is 2.94. The minimum atomic E-state index is 0.513. The van der Waals surface area contributed by atoms with Crippen LogP contribution in [0.2, 0.25) is 0 Å². The second kappa shape index (κ2) is 9.78. The van der Waals surface area contributed by atoms with Crippen molar-refractivity contribution in [1.82, 2.24) is 5.32 Å². The Labute approximate surface area is 127 Å². The van der Waals surface area contributed by atoms with Gasteiger partial charge in [-0.15, -0.1) is 0 Å². The maximum Gasteiger partial charge on any atom is 0.0576 e. The molecule has 1 aliphatic rings. The molecule has 0 amide bonds. The number of hydrogen-bond acceptors (Lipinski definition) is 2. The summed E-state index contributed by atoms with van der Waals surface area (Å²) in [4.78, 5) is 0. The number of rotatable bonds is 11. The summed E-state index contributed by atoms with van der Waals surface area (Å²) in [7, 11) is 0. The summed E-state index contributed by atoms with van der Waals surface area (Å²) >= 11 is 0. The van der Waals surface area contributed by atoms with Crippen molar-refractivity contribution >= 4 is 0 Å². The number of nitrogens with one attached hydrogen (secondary N) is 1.